The second kappa shape index (κ2) is 11.1. The first-order valence-electron chi connectivity index (χ1n) is 22.3. The van der Waals surface area contributed by atoms with Crippen molar-refractivity contribution >= 4 is 54.1 Å². The van der Waals surface area contributed by atoms with Gasteiger partial charge in [0.2, 0.25) is 0 Å². The fourth-order valence-electron chi connectivity index (χ4n) is 7.09. The molecule has 0 aliphatic rings. The van der Waals surface area contributed by atoms with Gasteiger partial charge in [0.25, 0.3) is 0 Å². The summed E-state index contributed by atoms with van der Waals surface area (Å²) < 4.78 is 125. The Morgan fingerprint density at radius 2 is 0.959 bits per heavy atom. The van der Waals surface area contributed by atoms with Gasteiger partial charge in [0.15, 0.2) is 0 Å². The summed E-state index contributed by atoms with van der Waals surface area (Å²) in [4.78, 5) is 0. The third-order valence-corrected chi connectivity index (χ3v) is 9.18. The molecule has 10 rings (SSSR count). The maximum atomic E-state index is 9.64. The van der Waals surface area contributed by atoms with Crippen LogP contribution in [0.5, 0.6) is 0 Å². The van der Waals surface area contributed by atoms with Crippen molar-refractivity contribution in [2.75, 3.05) is 0 Å². The Balaban J connectivity index is 1.54. The lowest BCUT2D eigenvalue weighted by atomic mass is 9.84. The van der Waals surface area contributed by atoms with E-state index in [1.54, 1.807) is 6.07 Å². The molecule has 1 aromatic heterocycles. The smallest absolute Gasteiger partial charge is 0.143 e. The summed E-state index contributed by atoms with van der Waals surface area (Å²) in [7, 11) is 0. The molecular weight excluding hydrogens is 593 g/mol. The summed E-state index contributed by atoms with van der Waals surface area (Å²) >= 11 is 0. The van der Waals surface area contributed by atoms with Gasteiger partial charge in [0.1, 0.15) is 11.3 Å². The van der Waals surface area contributed by atoms with E-state index in [9.17, 15) is 5.48 Å². The molecular formula is C48H30O. The van der Waals surface area contributed by atoms with Crippen molar-refractivity contribution < 1.29 is 22.2 Å². The summed E-state index contributed by atoms with van der Waals surface area (Å²) in [5, 5.41) is 3.04. The molecule has 0 N–H and O–H groups in total. The maximum Gasteiger partial charge on any atom is 0.143 e. The quantitative estimate of drug-likeness (QED) is 0.139. The van der Waals surface area contributed by atoms with Crippen LogP contribution in [0.3, 0.4) is 0 Å². The van der Waals surface area contributed by atoms with Gasteiger partial charge < -0.3 is 4.42 Å². The van der Waals surface area contributed by atoms with Crippen molar-refractivity contribution in [3.05, 3.63) is 182 Å². The molecule has 1 heteroatoms. The van der Waals surface area contributed by atoms with E-state index in [1.807, 2.05) is 97.1 Å². The zero-order valence-corrected chi connectivity index (χ0v) is 25.7. The lowest BCUT2D eigenvalue weighted by Crippen LogP contribution is -1.92. The average Bonchev–Trinajstić information content (AvgIpc) is 3.67. The van der Waals surface area contributed by atoms with Crippen molar-refractivity contribution in [1.82, 2.24) is 0 Å². The van der Waals surface area contributed by atoms with Crippen LogP contribution in [0.1, 0.15) is 17.8 Å². The van der Waals surface area contributed by atoms with Gasteiger partial charge in [-0.25, -0.2) is 0 Å². The van der Waals surface area contributed by atoms with E-state index in [0.717, 1.165) is 32.7 Å². The van der Waals surface area contributed by atoms with E-state index in [1.165, 1.54) is 0 Å². The molecule has 9 aromatic carbocycles. The van der Waals surface area contributed by atoms with E-state index in [2.05, 4.69) is 0 Å². The van der Waals surface area contributed by atoms with Crippen LogP contribution < -0.4 is 0 Å². The largest absolute Gasteiger partial charge is 0.455 e. The van der Waals surface area contributed by atoms with E-state index < -0.39 is 84.1 Å². The van der Waals surface area contributed by atoms with Crippen molar-refractivity contribution in [1.29, 1.82) is 0 Å². The van der Waals surface area contributed by atoms with Crippen LogP contribution in [0, 0.1) is 0 Å². The summed E-state index contributed by atoms with van der Waals surface area (Å²) in [5.74, 6) is 0.255. The first-order valence-corrected chi connectivity index (χ1v) is 15.8. The highest BCUT2D eigenvalue weighted by atomic mass is 16.3. The highest BCUT2D eigenvalue weighted by Gasteiger charge is 2.25. The van der Waals surface area contributed by atoms with Crippen LogP contribution >= 0.6 is 0 Å². The Bertz CT molecular complexity index is 3510. The molecule has 0 radical (unpaired) electrons. The molecule has 0 saturated heterocycles. The number of benzene rings is 9. The van der Waals surface area contributed by atoms with Crippen LogP contribution in [0.4, 0.5) is 0 Å². The molecule has 228 valence electrons. The minimum absolute atomic E-state index is 0.00122. The first-order chi connectivity index (χ1) is 29.7. The monoisotopic (exact) mass is 635 g/mol. The van der Waals surface area contributed by atoms with E-state index in [4.69, 9.17) is 16.8 Å². The lowest BCUT2D eigenvalue weighted by molar-refractivity contribution is 0.633. The molecule has 0 amide bonds. The fourth-order valence-corrected chi connectivity index (χ4v) is 7.09. The second-order valence-electron chi connectivity index (χ2n) is 11.8. The molecule has 10 aromatic rings. The second-order valence-corrected chi connectivity index (χ2v) is 11.8. The van der Waals surface area contributed by atoms with Gasteiger partial charge >= 0.3 is 0 Å². The molecule has 0 atom stereocenters. The van der Waals surface area contributed by atoms with Gasteiger partial charge in [-0.2, -0.15) is 0 Å². The van der Waals surface area contributed by atoms with Crippen LogP contribution in [-0.4, -0.2) is 0 Å². The molecule has 1 nitrogen and oxygen atoms in total. The van der Waals surface area contributed by atoms with E-state index in [0.29, 0.717) is 16.5 Å². The van der Waals surface area contributed by atoms with Crippen LogP contribution in [0.25, 0.3) is 98.8 Å². The average molecular weight is 636 g/mol. The third-order valence-electron chi connectivity index (χ3n) is 9.18. The molecule has 0 unspecified atom stereocenters. The molecule has 0 spiro atoms. The Morgan fingerprint density at radius 3 is 1.67 bits per heavy atom. The van der Waals surface area contributed by atoms with Crippen molar-refractivity contribution in [2.24, 2.45) is 0 Å². The molecule has 0 fully saturated rings. The predicted octanol–water partition coefficient (Wildman–Crippen LogP) is 13.7. The lowest BCUT2D eigenvalue weighted by Gasteiger charge is -2.18. The Hall–Kier alpha value is -6.44. The first kappa shape index (κ1) is 17.6. The number of rotatable bonds is 4. The minimum atomic E-state index is -0.729. The van der Waals surface area contributed by atoms with Crippen molar-refractivity contribution in [2.45, 2.75) is 0 Å². The SMILES string of the molecule is [2H]c1c([2H])c([2H])c(-c2c3c([2H])c([2H])c([2H])c([2H])c3c(-c3c(-c4cc5ccccc5c5ccccc45)oc4ccc(-c5ccccc5)cc34)c3c([2H])c([2H])c([2H])c([2H])c23)c([2H])c1[2H]. The van der Waals surface area contributed by atoms with E-state index in [-0.39, 0.29) is 44.0 Å². The Kier molecular flexibility index (Phi) is 3.99. The maximum absolute atomic E-state index is 9.64. The number of hydrogen-bond donors (Lipinski definition) is 0. The summed E-state index contributed by atoms with van der Waals surface area (Å²) in [6.07, 6.45) is 0. The predicted molar refractivity (Wildman–Crippen MR) is 208 cm³/mol. The van der Waals surface area contributed by atoms with Crippen LogP contribution in [-0.2, 0) is 0 Å². The molecule has 0 aliphatic carbocycles. The number of fused-ring (bicyclic) bond motifs is 6. The van der Waals surface area contributed by atoms with Gasteiger partial charge in [-0.3, -0.25) is 0 Å². The topological polar surface area (TPSA) is 13.1 Å². The zero-order chi connectivity index (χ0) is 43.6. The van der Waals surface area contributed by atoms with Gasteiger partial charge in [-0.05, 0) is 83.5 Å². The standard InChI is InChI=1S/C48H30O/c1-3-15-31(16-4-1)33-27-28-44-43(29-33)47(48(49-44)42-30-34-19-7-8-20-35(34)36-21-9-10-22-37(36)42)46-40-25-13-11-23-38(40)45(32-17-5-2-6-18-32)39-24-12-14-26-41(39)46/h1-30H/i2D,5D,6D,11D,12D,13D,14D,17D,18D,23D,24D,25D,26D. The minimum Gasteiger partial charge on any atom is -0.455 e. The van der Waals surface area contributed by atoms with Crippen molar-refractivity contribution in [3.8, 4) is 44.7 Å². The fraction of sp³-hybridized carbons (Fsp3) is 0. The summed E-state index contributed by atoms with van der Waals surface area (Å²) in [6, 6.07) is 24.0. The van der Waals surface area contributed by atoms with Gasteiger partial charge in [0.05, 0.1) is 17.8 Å². The number of furan rings is 1. The highest BCUT2D eigenvalue weighted by molar-refractivity contribution is 6.26. The van der Waals surface area contributed by atoms with Gasteiger partial charge in [0, 0.05) is 22.1 Å². The Morgan fingerprint density at radius 1 is 0.367 bits per heavy atom. The van der Waals surface area contributed by atoms with Crippen molar-refractivity contribution in [3.63, 3.8) is 0 Å². The van der Waals surface area contributed by atoms with Crippen LogP contribution in [0.15, 0.2) is 186 Å². The summed E-state index contributed by atoms with van der Waals surface area (Å²) in [6.45, 7) is 0. The third kappa shape index (κ3) is 4.33. The zero-order valence-electron chi connectivity index (χ0n) is 38.7. The van der Waals surface area contributed by atoms with E-state index >= 15 is 0 Å². The highest BCUT2D eigenvalue weighted by Crippen LogP contribution is 2.51. The molecule has 1 heterocycles. The van der Waals surface area contributed by atoms with Crippen LogP contribution in [0.2, 0.25) is 0 Å². The normalized spacial score (nSPS) is 15.4. The van der Waals surface area contributed by atoms with Gasteiger partial charge in [-0.1, -0.05) is 163 Å². The molecule has 0 saturated carbocycles. The number of hydrogen-bond acceptors (Lipinski definition) is 1. The summed E-state index contributed by atoms with van der Waals surface area (Å²) in [5.41, 5.74) is 2.06. The molecule has 0 bridgehead atoms. The molecule has 49 heavy (non-hydrogen) atoms. The van der Waals surface area contributed by atoms with Gasteiger partial charge in [-0.15, -0.1) is 0 Å². The Labute approximate surface area is 302 Å². The molecule has 0 aliphatic heterocycles.